The number of rotatable bonds is 11. The van der Waals surface area contributed by atoms with E-state index in [1.165, 1.54) is 12.1 Å². The summed E-state index contributed by atoms with van der Waals surface area (Å²) in [5.74, 6) is 0.662. The van der Waals surface area contributed by atoms with Crippen LogP contribution in [0.15, 0.2) is 29.3 Å². The third-order valence-electron chi connectivity index (χ3n) is 3.22. The van der Waals surface area contributed by atoms with Crippen LogP contribution in [0.3, 0.4) is 0 Å². The molecule has 0 radical (unpaired) electrons. The highest BCUT2D eigenvalue weighted by Gasteiger charge is 2.09. The van der Waals surface area contributed by atoms with Gasteiger partial charge in [0, 0.05) is 26.3 Å². The number of aliphatic hydroxyl groups is 1. The van der Waals surface area contributed by atoms with Crippen molar-refractivity contribution in [2.24, 2.45) is 4.99 Å². The Morgan fingerprint density at radius 2 is 1.92 bits per heavy atom. The monoisotopic (exact) mass is 359 g/mol. The van der Waals surface area contributed by atoms with Crippen LogP contribution in [0.2, 0.25) is 0 Å². The van der Waals surface area contributed by atoms with Gasteiger partial charge in [-0.05, 0) is 38.0 Å². The Balaban J connectivity index is 2.50. The predicted octanol–water partition coefficient (Wildman–Crippen LogP) is 2.30. The van der Waals surface area contributed by atoms with E-state index in [2.05, 4.69) is 20.4 Å². The lowest BCUT2D eigenvalue weighted by Crippen LogP contribution is -2.38. The van der Waals surface area contributed by atoms with Gasteiger partial charge in [-0.25, -0.2) is 0 Å². The van der Waals surface area contributed by atoms with Gasteiger partial charge < -0.3 is 25.2 Å². The van der Waals surface area contributed by atoms with Gasteiger partial charge in [0.05, 0.1) is 12.6 Å². The second-order valence-electron chi connectivity index (χ2n) is 5.16. The zero-order valence-corrected chi connectivity index (χ0v) is 14.7. The maximum absolute atomic E-state index is 12.1. The van der Waals surface area contributed by atoms with Crippen LogP contribution in [0.5, 0.6) is 5.75 Å². The molecule has 0 spiro atoms. The number of aliphatic imine (C=N–C) groups is 1. The summed E-state index contributed by atoms with van der Waals surface area (Å²) in [5, 5.41) is 16.4. The molecule has 1 rings (SSSR count). The van der Waals surface area contributed by atoms with E-state index in [1.54, 1.807) is 12.1 Å². The van der Waals surface area contributed by atoms with Gasteiger partial charge in [0.1, 0.15) is 5.75 Å². The van der Waals surface area contributed by atoms with Crippen molar-refractivity contribution in [1.29, 1.82) is 0 Å². The van der Waals surface area contributed by atoms with Crippen LogP contribution in [0.1, 0.15) is 31.9 Å². The van der Waals surface area contributed by atoms with Crippen LogP contribution in [0.4, 0.5) is 8.78 Å². The molecule has 0 heterocycles. The molecule has 142 valence electrons. The van der Waals surface area contributed by atoms with Crippen molar-refractivity contribution in [2.45, 2.75) is 33.0 Å². The van der Waals surface area contributed by atoms with E-state index in [-0.39, 0.29) is 12.3 Å². The van der Waals surface area contributed by atoms with Crippen molar-refractivity contribution in [3.63, 3.8) is 0 Å². The van der Waals surface area contributed by atoms with E-state index in [0.717, 1.165) is 6.42 Å². The third-order valence-corrected chi connectivity index (χ3v) is 3.22. The minimum Gasteiger partial charge on any atom is -0.435 e. The van der Waals surface area contributed by atoms with Crippen molar-refractivity contribution < 1.29 is 23.4 Å². The van der Waals surface area contributed by atoms with E-state index in [4.69, 9.17) is 4.74 Å². The lowest BCUT2D eigenvalue weighted by atomic mass is 10.1. The van der Waals surface area contributed by atoms with Crippen LogP contribution >= 0.6 is 0 Å². The molecule has 0 saturated carbocycles. The Kier molecular flexibility index (Phi) is 10.5. The molecule has 1 unspecified atom stereocenters. The first kappa shape index (κ1) is 21.1. The number of aliphatic hydroxyl groups excluding tert-OH is 1. The summed E-state index contributed by atoms with van der Waals surface area (Å²) in [7, 11) is 0. The van der Waals surface area contributed by atoms with Gasteiger partial charge in [-0.1, -0.05) is 12.1 Å². The van der Waals surface area contributed by atoms with Crippen LogP contribution in [0, 0.1) is 0 Å². The summed E-state index contributed by atoms with van der Waals surface area (Å²) in [4.78, 5) is 4.33. The topological polar surface area (TPSA) is 75.1 Å². The highest BCUT2D eigenvalue weighted by atomic mass is 19.3. The minimum atomic E-state index is -2.86. The van der Waals surface area contributed by atoms with Gasteiger partial charge in [-0.15, -0.1) is 0 Å². The summed E-state index contributed by atoms with van der Waals surface area (Å²) in [6.07, 6.45) is 0.0198. The molecule has 8 heteroatoms. The van der Waals surface area contributed by atoms with Crippen LogP contribution in [-0.2, 0) is 4.74 Å². The van der Waals surface area contributed by atoms with Crippen molar-refractivity contribution >= 4 is 5.96 Å². The molecule has 0 aliphatic carbocycles. The average molecular weight is 359 g/mol. The summed E-state index contributed by atoms with van der Waals surface area (Å²) < 4.78 is 33.8. The molecular formula is C17H27F2N3O3. The minimum absolute atomic E-state index is 0.0544. The lowest BCUT2D eigenvalue weighted by Gasteiger charge is -2.14. The Bertz CT molecular complexity index is 498. The summed E-state index contributed by atoms with van der Waals surface area (Å²) >= 11 is 0. The zero-order valence-electron chi connectivity index (χ0n) is 14.7. The van der Waals surface area contributed by atoms with Crippen molar-refractivity contribution in [3.8, 4) is 5.75 Å². The van der Waals surface area contributed by atoms with Gasteiger partial charge >= 0.3 is 6.61 Å². The van der Waals surface area contributed by atoms with Crippen LogP contribution < -0.4 is 15.4 Å². The van der Waals surface area contributed by atoms with E-state index < -0.39 is 12.7 Å². The first-order valence-corrected chi connectivity index (χ1v) is 8.39. The van der Waals surface area contributed by atoms with Gasteiger partial charge in [0.15, 0.2) is 5.96 Å². The molecule has 0 saturated heterocycles. The molecule has 1 aromatic carbocycles. The summed E-state index contributed by atoms with van der Waals surface area (Å²) in [5.41, 5.74) is 0.581. The SMILES string of the molecule is CCNC(=NCC(O)c1ccc(OC(F)F)cc1)NCCCOCC. The van der Waals surface area contributed by atoms with E-state index in [9.17, 15) is 13.9 Å². The fourth-order valence-corrected chi connectivity index (χ4v) is 2.02. The second-order valence-corrected chi connectivity index (χ2v) is 5.16. The van der Waals surface area contributed by atoms with Gasteiger partial charge in [0.2, 0.25) is 0 Å². The van der Waals surface area contributed by atoms with Crippen molar-refractivity contribution in [1.82, 2.24) is 10.6 Å². The molecule has 3 N–H and O–H groups in total. The molecule has 0 aliphatic heterocycles. The Hall–Kier alpha value is -1.93. The molecule has 0 aromatic heterocycles. The fourth-order valence-electron chi connectivity index (χ4n) is 2.02. The molecule has 0 bridgehead atoms. The number of ether oxygens (including phenoxy) is 2. The van der Waals surface area contributed by atoms with Gasteiger partial charge in [-0.3, -0.25) is 4.99 Å². The second kappa shape index (κ2) is 12.4. The van der Waals surface area contributed by atoms with Crippen molar-refractivity contribution in [3.05, 3.63) is 29.8 Å². The molecule has 0 amide bonds. The highest BCUT2D eigenvalue weighted by molar-refractivity contribution is 5.79. The average Bonchev–Trinajstić information content (AvgIpc) is 2.59. The number of hydrogen-bond acceptors (Lipinski definition) is 4. The maximum Gasteiger partial charge on any atom is 0.387 e. The summed E-state index contributed by atoms with van der Waals surface area (Å²) in [6.45, 7) is 3.98. The molecule has 1 atom stereocenters. The summed E-state index contributed by atoms with van der Waals surface area (Å²) in [6, 6.07) is 5.87. The fraction of sp³-hybridized carbons (Fsp3) is 0.588. The normalized spacial score (nSPS) is 13.0. The Morgan fingerprint density at radius 1 is 1.20 bits per heavy atom. The number of halogens is 2. The molecule has 25 heavy (non-hydrogen) atoms. The number of benzene rings is 1. The van der Waals surface area contributed by atoms with Crippen molar-refractivity contribution in [2.75, 3.05) is 32.8 Å². The lowest BCUT2D eigenvalue weighted by molar-refractivity contribution is -0.0498. The molecule has 1 aromatic rings. The number of hydrogen-bond donors (Lipinski definition) is 3. The Morgan fingerprint density at radius 3 is 2.52 bits per heavy atom. The standard InChI is InChI=1S/C17H27F2N3O3/c1-3-20-17(21-10-5-11-24-4-2)22-12-15(23)13-6-8-14(9-7-13)25-16(18)19/h6-9,15-16,23H,3-5,10-12H2,1-2H3,(H2,20,21,22). The largest absolute Gasteiger partial charge is 0.435 e. The molecule has 6 nitrogen and oxygen atoms in total. The zero-order chi connectivity index (χ0) is 18.5. The van der Waals surface area contributed by atoms with E-state index in [1.807, 2.05) is 13.8 Å². The highest BCUT2D eigenvalue weighted by Crippen LogP contribution is 2.19. The van der Waals surface area contributed by atoms with E-state index >= 15 is 0 Å². The van der Waals surface area contributed by atoms with Gasteiger partial charge in [-0.2, -0.15) is 8.78 Å². The number of nitrogens with zero attached hydrogens (tertiary/aromatic N) is 1. The smallest absolute Gasteiger partial charge is 0.387 e. The third kappa shape index (κ3) is 9.21. The molecule has 0 fully saturated rings. The first-order valence-electron chi connectivity index (χ1n) is 8.39. The molecular weight excluding hydrogens is 332 g/mol. The van der Waals surface area contributed by atoms with E-state index in [0.29, 0.717) is 37.8 Å². The quantitative estimate of drug-likeness (QED) is 0.321. The number of guanidine groups is 1. The van der Waals surface area contributed by atoms with Crippen LogP contribution in [0.25, 0.3) is 0 Å². The molecule has 0 aliphatic rings. The van der Waals surface area contributed by atoms with Crippen LogP contribution in [-0.4, -0.2) is 50.5 Å². The number of alkyl halides is 2. The predicted molar refractivity (Wildman–Crippen MR) is 93.1 cm³/mol. The number of nitrogens with one attached hydrogen (secondary N) is 2. The maximum atomic E-state index is 12.1. The Labute approximate surface area is 147 Å². The first-order chi connectivity index (χ1) is 12.1. The van der Waals surface area contributed by atoms with Gasteiger partial charge in [0.25, 0.3) is 0 Å².